The lowest BCUT2D eigenvalue weighted by molar-refractivity contribution is -0.317. The van der Waals surface area contributed by atoms with Gasteiger partial charge < -0.3 is 4.90 Å². The second-order valence-electron chi connectivity index (χ2n) is 10.5. The van der Waals surface area contributed by atoms with Gasteiger partial charge in [-0.15, -0.1) is 0 Å². The monoisotopic (exact) mass is 452 g/mol. The molecule has 0 spiro atoms. The molecule has 2 aliphatic heterocycles. The first-order valence-electron chi connectivity index (χ1n) is 11.2. The molecule has 3 aliphatic rings. The van der Waals surface area contributed by atoms with Gasteiger partial charge in [-0.2, -0.15) is 5.06 Å². The number of hydrogen-bond acceptors (Lipinski definition) is 3. The largest absolute Gasteiger partial charge is 0.332 e. The van der Waals surface area contributed by atoms with Gasteiger partial charge in [0.05, 0.1) is 6.10 Å². The van der Waals surface area contributed by atoms with Gasteiger partial charge in [0.15, 0.2) is 0 Å². The van der Waals surface area contributed by atoms with Crippen molar-refractivity contribution in [3.05, 3.63) is 35.9 Å². The van der Waals surface area contributed by atoms with Crippen LogP contribution >= 0.6 is 23.2 Å². The van der Waals surface area contributed by atoms with E-state index in [-0.39, 0.29) is 35.0 Å². The van der Waals surface area contributed by atoms with Crippen molar-refractivity contribution in [1.82, 2.24) is 9.96 Å². The summed E-state index contributed by atoms with van der Waals surface area (Å²) in [6.45, 7) is 9.50. The Bertz CT molecular complexity index is 765. The molecule has 4 nitrogen and oxygen atoms in total. The molecule has 30 heavy (non-hydrogen) atoms. The number of piperidine rings is 1. The minimum absolute atomic E-state index is 0.00229. The van der Waals surface area contributed by atoms with E-state index in [0.29, 0.717) is 6.54 Å². The zero-order valence-corrected chi connectivity index (χ0v) is 20.0. The lowest BCUT2D eigenvalue weighted by Crippen LogP contribution is -2.61. The molecule has 1 aromatic rings. The van der Waals surface area contributed by atoms with E-state index in [1.807, 2.05) is 35.2 Å². The minimum atomic E-state index is -1.45. The van der Waals surface area contributed by atoms with Gasteiger partial charge in [-0.25, -0.2) is 0 Å². The quantitative estimate of drug-likeness (QED) is 0.547. The summed E-state index contributed by atoms with van der Waals surface area (Å²) < 4.78 is -1.45. The molecule has 2 saturated heterocycles. The zero-order valence-electron chi connectivity index (χ0n) is 18.5. The fourth-order valence-corrected chi connectivity index (χ4v) is 6.72. The molecule has 2 unspecified atom stereocenters. The maximum atomic E-state index is 13.3. The first kappa shape index (κ1) is 22.4. The van der Waals surface area contributed by atoms with Gasteiger partial charge in [-0.1, -0.05) is 53.5 Å². The summed E-state index contributed by atoms with van der Waals surface area (Å²) in [6, 6.07) is 10.1. The van der Waals surface area contributed by atoms with Gasteiger partial charge in [-0.05, 0) is 71.8 Å². The van der Waals surface area contributed by atoms with Crippen molar-refractivity contribution in [3.8, 4) is 0 Å². The topological polar surface area (TPSA) is 32.8 Å². The van der Waals surface area contributed by atoms with Gasteiger partial charge >= 0.3 is 0 Å². The second kappa shape index (κ2) is 7.95. The third-order valence-electron chi connectivity index (χ3n) is 7.28. The van der Waals surface area contributed by atoms with Crippen molar-refractivity contribution in [2.75, 3.05) is 0 Å². The number of amides is 1. The highest BCUT2D eigenvalue weighted by molar-refractivity contribution is 6.58. The Labute approximate surface area is 190 Å². The molecule has 1 aromatic carbocycles. The minimum Gasteiger partial charge on any atom is -0.332 e. The van der Waals surface area contributed by atoms with E-state index in [9.17, 15) is 4.79 Å². The Kier molecular flexibility index (Phi) is 5.93. The Morgan fingerprint density at radius 1 is 1.00 bits per heavy atom. The molecule has 0 aromatic heterocycles. The fraction of sp³-hybridized carbons (Fsp3) is 0.708. The highest BCUT2D eigenvalue weighted by Crippen LogP contribution is 2.52. The van der Waals surface area contributed by atoms with Crippen LogP contribution in [0.3, 0.4) is 0 Å². The number of carbonyl (C=O) groups is 1. The van der Waals surface area contributed by atoms with E-state index in [0.717, 1.165) is 37.7 Å². The Hall–Kier alpha value is -0.810. The first-order valence-corrected chi connectivity index (χ1v) is 12.0. The van der Waals surface area contributed by atoms with Crippen LogP contribution in [-0.2, 0) is 16.2 Å². The van der Waals surface area contributed by atoms with Gasteiger partial charge in [0, 0.05) is 29.6 Å². The number of carbonyl (C=O) groups excluding carboxylic acids is 1. The smallest absolute Gasteiger partial charge is 0.260 e. The highest BCUT2D eigenvalue weighted by atomic mass is 35.5. The molecule has 1 aliphatic carbocycles. The Morgan fingerprint density at radius 3 is 2.27 bits per heavy atom. The van der Waals surface area contributed by atoms with Crippen LogP contribution in [0.15, 0.2) is 30.3 Å². The third kappa shape index (κ3) is 3.90. The van der Waals surface area contributed by atoms with E-state index in [4.69, 9.17) is 28.0 Å². The number of rotatable bonds is 4. The van der Waals surface area contributed by atoms with Crippen molar-refractivity contribution < 1.29 is 9.63 Å². The normalized spacial score (nSPS) is 32.8. The van der Waals surface area contributed by atoms with Gasteiger partial charge in [0.25, 0.3) is 5.91 Å². The Morgan fingerprint density at radius 2 is 1.63 bits per heavy atom. The van der Waals surface area contributed by atoms with Gasteiger partial charge in [0.2, 0.25) is 4.33 Å². The van der Waals surface area contributed by atoms with Crippen LogP contribution in [-0.4, -0.2) is 43.4 Å². The van der Waals surface area contributed by atoms with Crippen LogP contribution < -0.4 is 0 Å². The van der Waals surface area contributed by atoms with Crippen molar-refractivity contribution in [2.45, 2.75) is 100 Å². The molecule has 2 heterocycles. The number of hydroxylamine groups is 2. The summed E-state index contributed by atoms with van der Waals surface area (Å²) in [4.78, 5) is 21.9. The molecular formula is C24H34Cl2N2O2. The summed E-state index contributed by atoms with van der Waals surface area (Å²) >= 11 is 13.6. The van der Waals surface area contributed by atoms with E-state index in [2.05, 4.69) is 32.8 Å². The number of halogens is 2. The summed E-state index contributed by atoms with van der Waals surface area (Å²) in [5.74, 6) is -0.420. The van der Waals surface area contributed by atoms with Crippen LogP contribution in [0.25, 0.3) is 0 Å². The second-order valence-corrected chi connectivity index (χ2v) is 11.9. The zero-order chi connectivity index (χ0) is 21.7. The molecule has 1 amide bonds. The van der Waals surface area contributed by atoms with Crippen LogP contribution in [0.1, 0.15) is 71.8 Å². The number of fused-ring (bicyclic) bond motifs is 1. The molecule has 0 radical (unpaired) electrons. The molecule has 3 atom stereocenters. The lowest BCUT2D eigenvalue weighted by Gasteiger charge is -2.54. The SMILES string of the molecule is CC1(C)CCCC(C)(C)N1O[C@H]1CCCC2C1C(Cl)(Cl)C(=O)N2Cc1ccccc1. The van der Waals surface area contributed by atoms with Crippen molar-refractivity contribution in [1.29, 1.82) is 0 Å². The van der Waals surface area contributed by atoms with E-state index < -0.39 is 4.33 Å². The van der Waals surface area contributed by atoms with Gasteiger partial charge in [0.1, 0.15) is 0 Å². The molecule has 0 N–H and O–H groups in total. The molecule has 1 saturated carbocycles. The number of hydrogen-bond donors (Lipinski definition) is 0. The average Bonchev–Trinajstić information content (AvgIpc) is 2.87. The average molecular weight is 453 g/mol. The molecule has 166 valence electrons. The van der Waals surface area contributed by atoms with Crippen molar-refractivity contribution >= 4 is 29.1 Å². The molecular weight excluding hydrogens is 419 g/mol. The van der Waals surface area contributed by atoms with E-state index >= 15 is 0 Å². The first-order chi connectivity index (χ1) is 14.0. The maximum Gasteiger partial charge on any atom is 0.260 e. The van der Waals surface area contributed by atoms with E-state index in [1.54, 1.807) is 0 Å². The predicted octanol–water partition coefficient (Wildman–Crippen LogP) is 5.71. The maximum absolute atomic E-state index is 13.3. The van der Waals surface area contributed by atoms with Crippen LogP contribution in [0.2, 0.25) is 0 Å². The van der Waals surface area contributed by atoms with E-state index in [1.165, 1.54) is 6.42 Å². The standard InChI is InChI=1S/C24H34Cl2N2O2/c1-22(2)14-9-15-23(3,4)28(22)30-19-13-8-12-18-20(19)24(25,26)21(29)27(18)16-17-10-6-5-7-11-17/h5-7,10-11,18-20H,8-9,12-16H2,1-4H3/t18?,19-,20?/m0/s1. The van der Waals surface area contributed by atoms with Crippen LogP contribution in [0, 0.1) is 5.92 Å². The number of alkyl halides is 2. The summed E-state index contributed by atoms with van der Waals surface area (Å²) in [5, 5.41) is 2.19. The van der Waals surface area contributed by atoms with Gasteiger partial charge in [-0.3, -0.25) is 9.63 Å². The Balaban J connectivity index is 1.60. The molecule has 3 fully saturated rings. The van der Waals surface area contributed by atoms with Crippen LogP contribution in [0.5, 0.6) is 0 Å². The molecule has 0 bridgehead atoms. The third-order valence-corrected chi connectivity index (χ3v) is 8.11. The van der Waals surface area contributed by atoms with Crippen LogP contribution in [0.4, 0.5) is 0 Å². The molecule has 4 rings (SSSR count). The van der Waals surface area contributed by atoms with Crippen molar-refractivity contribution in [3.63, 3.8) is 0 Å². The summed E-state index contributed by atoms with van der Waals surface area (Å²) in [6.07, 6.45) is 5.99. The highest BCUT2D eigenvalue weighted by Gasteiger charge is 2.62. The molecule has 6 heteroatoms. The summed E-state index contributed by atoms with van der Waals surface area (Å²) in [5.41, 5.74) is 0.960. The lowest BCUT2D eigenvalue weighted by atomic mass is 9.80. The number of nitrogens with zero attached hydrogens (tertiary/aromatic N) is 2. The number of benzene rings is 1. The summed E-state index contributed by atoms with van der Waals surface area (Å²) in [7, 11) is 0. The fourth-order valence-electron chi connectivity index (χ4n) is 5.93. The predicted molar refractivity (Wildman–Crippen MR) is 121 cm³/mol. The number of likely N-dealkylation sites (tertiary alicyclic amines) is 1. The van der Waals surface area contributed by atoms with Crippen molar-refractivity contribution in [2.24, 2.45) is 5.92 Å².